The number of ether oxygens (including phenoxy) is 1. The fourth-order valence-electron chi connectivity index (χ4n) is 1.52. The van der Waals surface area contributed by atoms with Crippen LogP contribution in [0.3, 0.4) is 0 Å². The molecular formula is C13H15N3O3. The lowest BCUT2D eigenvalue weighted by molar-refractivity contribution is -0.114. The number of hydrogen-bond acceptors (Lipinski definition) is 5. The maximum absolute atomic E-state index is 10.9. The number of rotatable bonds is 4. The fraction of sp³-hybridized carbons (Fsp3) is 0.308. The van der Waals surface area contributed by atoms with Gasteiger partial charge in [0.05, 0.1) is 0 Å². The molecule has 0 radical (unpaired) electrons. The van der Waals surface area contributed by atoms with Crippen molar-refractivity contribution in [3.8, 4) is 11.5 Å². The summed E-state index contributed by atoms with van der Waals surface area (Å²) in [6.45, 7) is 3.30. The van der Waals surface area contributed by atoms with Gasteiger partial charge in [0.15, 0.2) is 0 Å². The van der Waals surface area contributed by atoms with Crippen molar-refractivity contribution in [2.45, 2.75) is 20.0 Å². The van der Waals surface area contributed by atoms with E-state index in [-0.39, 0.29) is 12.0 Å². The molecule has 2 rings (SSSR count). The zero-order chi connectivity index (χ0) is 13.8. The highest BCUT2D eigenvalue weighted by atomic mass is 16.5. The number of methoxy groups -OCH3 is 1. The average molecular weight is 261 g/mol. The summed E-state index contributed by atoms with van der Waals surface area (Å²) in [4.78, 5) is 15.2. The van der Waals surface area contributed by atoms with E-state index >= 15 is 0 Å². The number of hydrogen-bond donors (Lipinski definition) is 1. The van der Waals surface area contributed by atoms with Crippen molar-refractivity contribution in [1.82, 2.24) is 10.1 Å². The number of aromatic nitrogens is 2. The van der Waals surface area contributed by atoms with Crippen LogP contribution >= 0.6 is 0 Å². The Labute approximate surface area is 110 Å². The summed E-state index contributed by atoms with van der Waals surface area (Å²) in [5, 5.41) is 6.54. The summed E-state index contributed by atoms with van der Waals surface area (Å²) < 4.78 is 10.3. The minimum Gasteiger partial charge on any atom is -0.374 e. The van der Waals surface area contributed by atoms with Gasteiger partial charge in [0.2, 0.25) is 11.7 Å². The van der Waals surface area contributed by atoms with Gasteiger partial charge in [-0.2, -0.15) is 4.98 Å². The topological polar surface area (TPSA) is 77.3 Å². The standard InChI is InChI=1S/C13H15N3O3/c1-8(18-3)12-15-13(19-16-12)10-4-6-11(7-5-10)14-9(2)17/h4-8H,1-3H3,(H,14,17). The highest BCUT2D eigenvalue weighted by molar-refractivity contribution is 5.88. The zero-order valence-electron chi connectivity index (χ0n) is 11.0. The number of carbonyl (C=O) groups is 1. The number of anilines is 1. The Hall–Kier alpha value is -2.21. The van der Waals surface area contributed by atoms with E-state index in [0.29, 0.717) is 11.7 Å². The summed E-state index contributed by atoms with van der Waals surface area (Å²) in [5.74, 6) is 0.818. The Morgan fingerprint density at radius 2 is 2.05 bits per heavy atom. The second-order valence-electron chi connectivity index (χ2n) is 4.09. The smallest absolute Gasteiger partial charge is 0.258 e. The Kier molecular flexibility index (Phi) is 3.91. The first-order chi connectivity index (χ1) is 9.10. The van der Waals surface area contributed by atoms with Crippen LogP contribution in [0.4, 0.5) is 5.69 Å². The SMILES string of the molecule is COC(C)c1noc(-c2ccc(NC(C)=O)cc2)n1. The van der Waals surface area contributed by atoms with Crippen LogP contribution in [0.1, 0.15) is 25.8 Å². The quantitative estimate of drug-likeness (QED) is 0.914. The lowest BCUT2D eigenvalue weighted by Crippen LogP contribution is -2.05. The summed E-state index contributed by atoms with van der Waals surface area (Å²) in [6, 6.07) is 7.17. The van der Waals surface area contributed by atoms with E-state index in [2.05, 4.69) is 15.5 Å². The maximum atomic E-state index is 10.9. The van der Waals surface area contributed by atoms with Gasteiger partial charge >= 0.3 is 0 Å². The summed E-state index contributed by atoms with van der Waals surface area (Å²) in [7, 11) is 1.59. The number of amides is 1. The van der Waals surface area contributed by atoms with E-state index in [1.165, 1.54) is 6.92 Å². The molecule has 1 unspecified atom stereocenters. The van der Waals surface area contributed by atoms with Gasteiger partial charge in [-0.05, 0) is 31.2 Å². The molecule has 1 amide bonds. The molecule has 1 N–H and O–H groups in total. The summed E-state index contributed by atoms with van der Waals surface area (Å²) in [5.41, 5.74) is 1.51. The van der Waals surface area contributed by atoms with Crippen LogP contribution in [0, 0.1) is 0 Å². The van der Waals surface area contributed by atoms with Crippen molar-refractivity contribution >= 4 is 11.6 Å². The molecule has 1 aromatic carbocycles. The van der Waals surface area contributed by atoms with Crippen molar-refractivity contribution in [1.29, 1.82) is 0 Å². The van der Waals surface area contributed by atoms with E-state index < -0.39 is 0 Å². The summed E-state index contributed by atoms with van der Waals surface area (Å²) >= 11 is 0. The predicted octanol–water partition coefficient (Wildman–Crippen LogP) is 2.40. The van der Waals surface area contributed by atoms with E-state index in [1.807, 2.05) is 6.92 Å². The van der Waals surface area contributed by atoms with Gasteiger partial charge in [0, 0.05) is 25.3 Å². The maximum Gasteiger partial charge on any atom is 0.258 e. The molecule has 0 aliphatic heterocycles. The van der Waals surface area contributed by atoms with Crippen LogP contribution in [-0.4, -0.2) is 23.2 Å². The Balaban J connectivity index is 2.18. The van der Waals surface area contributed by atoms with Gasteiger partial charge in [-0.25, -0.2) is 0 Å². The van der Waals surface area contributed by atoms with Crippen LogP contribution in [0.25, 0.3) is 11.5 Å². The monoisotopic (exact) mass is 261 g/mol. The fourth-order valence-corrected chi connectivity index (χ4v) is 1.52. The molecule has 6 nitrogen and oxygen atoms in total. The van der Waals surface area contributed by atoms with Gasteiger partial charge in [-0.15, -0.1) is 0 Å². The highest BCUT2D eigenvalue weighted by Crippen LogP contribution is 2.22. The Morgan fingerprint density at radius 3 is 2.63 bits per heavy atom. The molecular weight excluding hydrogens is 246 g/mol. The third kappa shape index (κ3) is 3.17. The van der Waals surface area contributed by atoms with E-state index in [1.54, 1.807) is 31.4 Å². The third-order valence-corrected chi connectivity index (χ3v) is 2.61. The van der Waals surface area contributed by atoms with Gasteiger partial charge in [-0.3, -0.25) is 4.79 Å². The predicted molar refractivity (Wildman–Crippen MR) is 69.5 cm³/mol. The lowest BCUT2D eigenvalue weighted by Gasteiger charge is -2.02. The molecule has 1 atom stereocenters. The molecule has 19 heavy (non-hydrogen) atoms. The van der Waals surface area contributed by atoms with Crippen LogP contribution in [0.2, 0.25) is 0 Å². The van der Waals surface area contributed by atoms with Crippen LogP contribution < -0.4 is 5.32 Å². The molecule has 0 bridgehead atoms. The molecule has 0 aliphatic carbocycles. The van der Waals surface area contributed by atoms with Gasteiger partial charge < -0.3 is 14.6 Å². The minimum atomic E-state index is -0.212. The van der Waals surface area contributed by atoms with E-state index in [9.17, 15) is 4.79 Å². The zero-order valence-corrected chi connectivity index (χ0v) is 11.0. The second kappa shape index (κ2) is 5.62. The average Bonchev–Trinajstić information content (AvgIpc) is 2.87. The van der Waals surface area contributed by atoms with E-state index in [0.717, 1.165) is 11.3 Å². The van der Waals surface area contributed by atoms with Crippen molar-refractivity contribution in [3.05, 3.63) is 30.1 Å². The Bertz CT molecular complexity index is 563. The number of carbonyl (C=O) groups excluding carboxylic acids is 1. The molecule has 0 aliphatic rings. The van der Waals surface area contributed by atoms with Crippen molar-refractivity contribution < 1.29 is 14.1 Å². The molecule has 0 fully saturated rings. The van der Waals surface area contributed by atoms with Crippen LogP contribution in [0.5, 0.6) is 0 Å². The molecule has 2 aromatic rings. The van der Waals surface area contributed by atoms with E-state index in [4.69, 9.17) is 9.26 Å². The normalized spacial score (nSPS) is 12.2. The first-order valence-corrected chi connectivity index (χ1v) is 5.84. The summed E-state index contributed by atoms with van der Waals surface area (Å²) in [6.07, 6.45) is -0.212. The van der Waals surface area contributed by atoms with Crippen LogP contribution in [-0.2, 0) is 9.53 Å². The van der Waals surface area contributed by atoms with Gasteiger partial charge in [0.1, 0.15) is 6.10 Å². The molecule has 100 valence electrons. The van der Waals surface area contributed by atoms with Crippen molar-refractivity contribution in [2.75, 3.05) is 12.4 Å². The molecule has 0 saturated heterocycles. The highest BCUT2D eigenvalue weighted by Gasteiger charge is 2.14. The van der Waals surface area contributed by atoms with Crippen LogP contribution in [0.15, 0.2) is 28.8 Å². The molecule has 1 heterocycles. The van der Waals surface area contributed by atoms with Gasteiger partial charge in [-0.1, -0.05) is 5.16 Å². The van der Waals surface area contributed by atoms with Crippen molar-refractivity contribution in [3.63, 3.8) is 0 Å². The molecule has 6 heteroatoms. The number of nitrogens with zero attached hydrogens (tertiary/aromatic N) is 2. The molecule has 0 saturated carbocycles. The Morgan fingerprint density at radius 1 is 1.37 bits per heavy atom. The first kappa shape index (κ1) is 13.2. The first-order valence-electron chi connectivity index (χ1n) is 5.84. The van der Waals surface area contributed by atoms with Crippen molar-refractivity contribution in [2.24, 2.45) is 0 Å². The number of benzene rings is 1. The van der Waals surface area contributed by atoms with Gasteiger partial charge in [0.25, 0.3) is 5.89 Å². The minimum absolute atomic E-state index is 0.109. The molecule has 1 aromatic heterocycles. The number of nitrogens with one attached hydrogen (secondary N) is 1. The second-order valence-corrected chi connectivity index (χ2v) is 4.09. The molecule has 0 spiro atoms. The lowest BCUT2D eigenvalue weighted by atomic mass is 10.2. The third-order valence-electron chi connectivity index (χ3n) is 2.61. The largest absolute Gasteiger partial charge is 0.374 e.